The van der Waals surface area contributed by atoms with Gasteiger partial charge < -0.3 is 24.1 Å². The van der Waals surface area contributed by atoms with Crippen molar-refractivity contribution in [1.29, 1.82) is 0 Å². The second kappa shape index (κ2) is 9.80. The Morgan fingerprint density at radius 1 is 1.11 bits per heavy atom. The number of morpholine rings is 1. The normalized spacial score (nSPS) is 14.3. The van der Waals surface area contributed by atoms with E-state index in [0.717, 1.165) is 14.0 Å². The van der Waals surface area contributed by atoms with Crippen molar-refractivity contribution in [3.8, 4) is 11.3 Å². The largest absolute Gasteiger partial charge is 0.463 e. The van der Waals surface area contributed by atoms with Crippen molar-refractivity contribution in [2.45, 2.75) is 0 Å². The summed E-state index contributed by atoms with van der Waals surface area (Å²) >= 11 is 0. The molecule has 14 heteroatoms. The zero-order valence-electron chi connectivity index (χ0n) is 20.4. The second-order valence-electron chi connectivity index (χ2n) is 8.33. The first-order valence-corrected chi connectivity index (χ1v) is 12.8. The highest BCUT2D eigenvalue weighted by Gasteiger charge is 2.26. The smallest absolute Gasteiger partial charge is 0.374 e. The fraction of sp³-hybridized carbons (Fsp3) is 0.304. The molecule has 1 aromatic carbocycles. The van der Waals surface area contributed by atoms with Crippen molar-refractivity contribution in [2.24, 2.45) is 0 Å². The fourth-order valence-electron chi connectivity index (χ4n) is 3.81. The first-order valence-electron chi connectivity index (χ1n) is 11.4. The van der Waals surface area contributed by atoms with Gasteiger partial charge in [-0.05, 0) is 0 Å². The molecule has 194 valence electrons. The number of fused-ring (bicyclic) bond motifs is 1. The Labute approximate surface area is 212 Å². The van der Waals surface area contributed by atoms with Crippen LogP contribution in [0.5, 0.6) is 0 Å². The van der Waals surface area contributed by atoms with Gasteiger partial charge in [-0.2, -0.15) is 22.8 Å². The van der Waals surface area contributed by atoms with Crippen LogP contribution in [0.4, 0.5) is 17.6 Å². The Morgan fingerprint density at radius 2 is 1.84 bits per heavy atom. The number of esters is 1. The Morgan fingerprint density at radius 3 is 2.51 bits per heavy atom. The molecule has 1 aliphatic heterocycles. The Kier molecular flexibility index (Phi) is 6.54. The highest BCUT2D eigenvalue weighted by molar-refractivity contribution is 7.87. The third kappa shape index (κ3) is 4.73. The molecule has 1 aliphatic rings. The third-order valence-electron chi connectivity index (χ3n) is 5.72. The van der Waals surface area contributed by atoms with Gasteiger partial charge in [0.25, 0.3) is 0 Å². The molecule has 0 atom stereocenters. The molecule has 0 amide bonds. The van der Waals surface area contributed by atoms with Gasteiger partial charge in [-0.25, -0.2) is 9.78 Å². The average Bonchev–Trinajstić information content (AvgIpc) is 3.54. The maximum atomic E-state index is 13.1. The molecule has 0 aliphatic carbocycles. The summed E-state index contributed by atoms with van der Waals surface area (Å²) in [4.78, 5) is 23.2. The zero-order chi connectivity index (χ0) is 26.2. The maximum absolute atomic E-state index is 13.1. The number of hydrogen-bond donors (Lipinski definition) is 1. The number of nitrogens with one attached hydrogen (secondary N) is 1. The molecular weight excluding hydrogens is 502 g/mol. The lowest BCUT2D eigenvalue weighted by Gasteiger charge is -2.27. The van der Waals surface area contributed by atoms with Gasteiger partial charge in [-0.3, -0.25) is 0 Å². The van der Waals surface area contributed by atoms with Crippen molar-refractivity contribution in [1.82, 2.24) is 23.5 Å². The predicted molar refractivity (Wildman–Crippen MR) is 135 cm³/mol. The number of rotatable bonds is 7. The van der Waals surface area contributed by atoms with E-state index in [0.29, 0.717) is 48.9 Å². The van der Waals surface area contributed by atoms with E-state index in [1.165, 1.54) is 27.3 Å². The summed E-state index contributed by atoms with van der Waals surface area (Å²) in [6.45, 7) is 2.08. The molecular formula is C23H25N7O6S. The first kappa shape index (κ1) is 24.7. The number of benzene rings is 1. The maximum Gasteiger partial charge on any atom is 0.374 e. The number of methoxy groups -OCH3 is 1. The topological polar surface area (TPSA) is 145 Å². The number of anilines is 3. The molecule has 3 aromatic heterocycles. The molecule has 37 heavy (non-hydrogen) atoms. The monoisotopic (exact) mass is 527 g/mol. The molecule has 0 bridgehead atoms. The van der Waals surface area contributed by atoms with Crippen LogP contribution in [-0.4, -0.2) is 85.4 Å². The second-order valence-corrected chi connectivity index (χ2v) is 10.3. The first-order chi connectivity index (χ1) is 17.8. The molecule has 4 aromatic rings. The van der Waals surface area contributed by atoms with Crippen LogP contribution in [0.2, 0.25) is 0 Å². The Bertz CT molecular complexity index is 1540. The number of nitrogens with zero attached hydrogens (tertiary/aromatic N) is 6. The Hall–Kier alpha value is -4.01. The lowest BCUT2D eigenvalue weighted by molar-refractivity contribution is 0.0567. The number of hydrogen-bond acceptors (Lipinski definition) is 11. The van der Waals surface area contributed by atoms with Crippen LogP contribution >= 0.6 is 0 Å². The Balaban J connectivity index is 1.63. The number of aromatic nitrogens is 4. The van der Waals surface area contributed by atoms with Gasteiger partial charge in [0.15, 0.2) is 11.4 Å². The lowest BCUT2D eigenvalue weighted by Crippen LogP contribution is -2.37. The summed E-state index contributed by atoms with van der Waals surface area (Å²) in [5.41, 5.74) is 1.84. The van der Waals surface area contributed by atoms with Gasteiger partial charge in [0.05, 0.1) is 26.0 Å². The van der Waals surface area contributed by atoms with E-state index in [-0.39, 0.29) is 17.5 Å². The van der Waals surface area contributed by atoms with Crippen LogP contribution in [0.25, 0.3) is 22.4 Å². The van der Waals surface area contributed by atoms with Crippen molar-refractivity contribution in [3.63, 3.8) is 0 Å². The molecule has 0 radical (unpaired) electrons. The van der Waals surface area contributed by atoms with Gasteiger partial charge in [0.1, 0.15) is 11.3 Å². The van der Waals surface area contributed by atoms with Crippen LogP contribution in [0.15, 0.2) is 46.9 Å². The van der Waals surface area contributed by atoms with Crippen LogP contribution < -0.4 is 10.2 Å². The quantitative estimate of drug-likeness (QED) is 0.353. The van der Waals surface area contributed by atoms with Crippen molar-refractivity contribution in [3.05, 3.63) is 48.2 Å². The summed E-state index contributed by atoms with van der Waals surface area (Å²) in [5.74, 6) is 0.00125. The van der Waals surface area contributed by atoms with E-state index >= 15 is 0 Å². The van der Waals surface area contributed by atoms with Gasteiger partial charge in [0.2, 0.25) is 11.7 Å². The number of ether oxygens (including phenoxy) is 2. The highest BCUT2D eigenvalue weighted by Crippen LogP contribution is 2.31. The highest BCUT2D eigenvalue weighted by atomic mass is 32.2. The summed E-state index contributed by atoms with van der Waals surface area (Å²) < 4.78 is 44.1. The van der Waals surface area contributed by atoms with E-state index in [9.17, 15) is 13.2 Å². The standard InChI is InChI=1S/C23H25N7O6S/c1-28(2)37(32,33)30-19(14-16(27-30)15-7-5-4-6-8-15)25-23-24-17-13-18(22(31)34-3)36-20(17)21(26-23)29-9-11-35-12-10-29/h4-8,13-14H,9-12H2,1-3H3,(H,24,25,26). The molecule has 0 unspecified atom stereocenters. The van der Waals surface area contributed by atoms with E-state index in [4.69, 9.17) is 13.9 Å². The number of carbonyl (C=O) groups is 1. The molecule has 13 nitrogen and oxygen atoms in total. The number of furan rings is 1. The zero-order valence-corrected chi connectivity index (χ0v) is 21.2. The molecule has 0 spiro atoms. The summed E-state index contributed by atoms with van der Waals surface area (Å²) in [6, 6.07) is 12.3. The van der Waals surface area contributed by atoms with Crippen LogP contribution in [0, 0.1) is 0 Å². The minimum atomic E-state index is -3.98. The van der Waals surface area contributed by atoms with E-state index in [2.05, 4.69) is 20.4 Å². The summed E-state index contributed by atoms with van der Waals surface area (Å²) in [7, 11) is 0.111. The molecule has 0 saturated carbocycles. The van der Waals surface area contributed by atoms with Gasteiger partial charge >= 0.3 is 16.2 Å². The van der Waals surface area contributed by atoms with Gasteiger partial charge in [-0.15, -0.1) is 4.09 Å². The van der Waals surface area contributed by atoms with Crippen LogP contribution in [0.3, 0.4) is 0 Å². The number of carbonyl (C=O) groups excluding carboxylic acids is 1. The van der Waals surface area contributed by atoms with Gasteiger partial charge in [0, 0.05) is 44.9 Å². The molecule has 1 saturated heterocycles. The molecule has 1 fully saturated rings. The van der Waals surface area contributed by atoms with E-state index < -0.39 is 16.2 Å². The van der Waals surface area contributed by atoms with E-state index in [1.807, 2.05) is 35.2 Å². The fourth-order valence-corrected chi connectivity index (χ4v) is 4.65. The predicted octanol–water partition coefficient (Wildman–Crippen LogP) is 2.11. The SMILES string of the molecule is COC(=O)c1cc2nc(Nc3cc(-c4ccccc4)nn3S(=O)(=O)N(C)C)nc(N3CCOCC3)c2o1. The minimum absolute atomic E-state index is 0.0231. The van der Waals surface area contributed by atoms with Crippen molar-refractivity contribution < 1.29 is 27.1 Å². The minimum Gasteiger partial charge on any atom is -0.463 e. The van der Waals surface area contributed by atoms with Crippen LogP contribution in [-0.2, 0) is 19.7 Å². The van der Waals surface area contributed by atoms with Crippen molar-refractivity contribution >= 4 is 44.9 Å². The molecule has 1 N–H and O–H groups in total. The van der Waals surface area contributed by atoms with Crippen LogP contribution in [0.1, 0.15) is 10.6 Å². The average molecular weight is 528 g/mol. The summed E-state index contributed by atoms with van der Waals surface area (Å²) in [6.07, 6.45) is 0. The molecule has 5 rings (SSSR count). The summed E-state index contributed by atoms with van der Waals surface area (Å²) in [5, 5.41) is 7.35. The van der Waals surface area contributed by atoms with E-state index in [1.54, 1.807) is 6.07 Å². The third-order valence-corrected chi connectivity index (χ3v) is 7.36. The van der Waals surface area contributed by atoms with Gasteiger partial charge in [-0.1, -0.05) is 30.3 Å². The molecule has 4 heterocycles. The van der Waals surface area contributed by atoms with Crippen molar-refractivity contribution in [2.75, 3.05) is 57.7 Å². The lowest BCUT2D eigenvalue weighted by atomic mass is 10.2.